The van der Waals surface area contributed by atoms with Crippen LogP contribution in [-0.2, 0) is 4.79 Å². The molecule has 2 nitrogen and oxygen atoms in total. The monoisotopic (exact) mass is 309 g/mol. The fourth-order valence-electron chi connectivity index (χ4n) is 2.80. The smallest absolute Gasteiger partial charge is 0.220 e. The first-order valence-electron chi connectivity index (χ1n) is 7.89. The SMILES string of the molecule is O=C(CCSc1ccc(F)cc1)NCCCC1CCCC1. The van der Waals surface area contributed by atoms with E-state index in [9.17, 15) is 9.18 Å². The number of nitrogens with one attached hydrogen (secondary N) is 1. The van der Waals surface area contributed by atoms with Gasteiger partial charge in [0.15, 0.2) is 0 Å². The summed E-state index contributed by atoms with van der Waals surface area (Å²) in [5.74, 6) is 1.53. The highest BCUT2D eigenvalue weighted by Gasteiger charge is 2.14. The summed E-state index contributed by atoms with van der Waals surface area (Å²) in [6, 6.07) is 6.40. The molecule has 0 atom stereocenters. The van der Waals surface area contributed by atoms with Crippen LogP contribution in [-0.4, -0.2) is 18.2 Å². The van der Waals surface area contributed by atoms with Gasteiger partial charge in [0, 0.05) is 23.6 Å². The molecule has 0 unspecified atom stereocenters. The van der Waals surface area contributed by atoms with Crippen LogP contribution in [0.1, 0.15) is 44.9 Å². The third-order valence-electron chi connectivity index (χ3n) is 4.00. The summed E-state index contributed by atoms with van der Waals surface area (Å²) < 4.78 is 12.7. The minimum atomic E-state index is -0.223. The van der Waals surface area contributed by atoms with Crippen LogP contribution in [0.2, 0.25) is 0 Å². The van der Waals surface area contributed by atoms with Crippen LogP contribution >= 0.6 is 11.8 Å². The topological polar surface area (TPSA) is 29.1 Å². The zero-order chi connectivity index (χ0) is 14.9. The fraction of sp³-hybridized carbons (Fsp3) is 0.588. The standard InChI is InChI=1S/C17H24FNOS/c18-15-7-9-16(10-8-15)21-13-11-17(20)19-12-3-6-14-4-1-2-5-14/h7-10,14H,1-6,11-13H2,(H,19,20). The fourth-order valence-corrected chi connectivity index (χ4v) is 3.65. The predicted octanol–water partition coefficient (Wildman–Crippen LogP) is 4.39. The number of carbonyl (C=O) groups is 1. The molecule has 1 saturated carbocycles. The minimum Gasteiger partial charge on any atom is -0.356 e. The lowest BCUT2D eigenvalue weighted by Gasteiger charge is -2.09. The molecule has 1 aliphatic rings. The Morgan fingerprint density at radius 3 is 2.67 bits per heavy atom. The lowest BCUT2D eigenvalue weighted by Crippen LogP contribution is -2.24. The molecule has 0 aromatic heterocycles. The number of halogens is 1. The van der Waals surface area contributed by atoms with Crippen LogP contribution in [0.4, 0.5) is 4.39 Å². The molecule has 0 radical (unpaired) electrons. The number of hydrogen-bond acceptors (Lipinski definition) is 2. The van der Waals surface area contributed by atoms with Crippen LogP contribution in [0.3, 0.4) is 0 Å². The Morgan fingerprint density at radius 1 is 1.24 bits per heavy atom. The first kappa shape index (κ1) is 16.3. The van der Waals surface area contributed by atoms with Crippen molar-refractivity contribution in [2.75, 3.05) is 12.3 Å². The molecule has 2 rings (SSSR count). The number of amides is 1. The number of rotatable bonds is 8. The molecule has 0 bridgehead atoms. The maximum atomic E-state index is 12.7. The number of carbonyl (C=O) groups excluding carboxylic acids is 1. The molecular formula is C17H24FNOS. The first-order valence-corrected chi connectivity index (χ1v) is 8.87. The van der Waals surface area contributed by atoms with Gasteiger partial charge in [-0.15, -0.1) is 11.8 Å². The second-order valence-corrected chi connectivity index (χ2v) is 6.86. The molecule has 1 N–H and O–H groups in total. The highest BCUT2D eigenvalue weighted by molar-refractivity contribution is 7.99. The zero-order valence-electron chi connectivity index (χ0n) is 12.4. The molecule has 116 valence electrons. The third-order valence-corrected chi connectivity index (χ3v) is 5.01. The van der Waals surface area contributed by atoms with E-state index in [1.54, 1.807) is 23.9 Å². The summed E-state index contributed by atoms with van der Waals surface area (Å²) in [7, 11) is 0. The van der Waals surface area contributed by atoms with E-state index in [1.165, 1.54) is 44.2 Å². The van der Waals surface area contributed by atoms with Crippen molar-refractivity contribution in [2.45, 2.75) is 49.8 Å². The van der Waals surface area contributed by atoms with Crippen LogP contribution in [0.25, 0.3) is 0 Å². The highest BCUT2D eigenvalue weighted by atomic mass is 32.2. The Labute approximate surface area is 130 Å². The van der Waals surface area contributed by atoms with Crippen molar-refractivity contribution in [3.05, 3.63) is 30.1 Å². The molecule has 1 amide bonds. The van der Waals surface area contributed by atoms with Gasteiger partial charge in [-0.25, -0.2) is 4.39 Å². The van der Waals surface area contributed by atoms with Crippen LogP contribution < -0.4 is 5.32 Å². The Kier molecular flexibility index (Phi) is 7.07. The molecule has 1 aromatic rings. The lowest BCUT2D eigenvalue weighted by molar-refractivity contribution is -0.120. The second kappa shape index (κ2) is 9.08. The van der Waals surface area contributed by atoms with Crippen molar-refractivity contribution in [3.63, 3.8) is 0 Å². The lowest BCUT2D eigenvalue weighted by atomic mass is 10.0. The average Bonchev–Trinajstić information content (AvgIpc) is 2.99. The minimum absolute atomic E-state index is 0.121. The second-order valence-electron chi connectivity index (χ2n) is 5.70. The zero-order valence-corrected chi connectivity index (χ0v) is 13.3. The van der Waals surface area contributed by atoms with Crippen molar-refractivity contribution in [1.82, 2.24) is 5.32 Å². The molecule has 0 spiro atoms. The van der Waals surface area contributed by atoms with Crippen LogP contribution in [0.5, 0.6) is 0 Å². The van der Waals surface area contributed by atoms with Gasteiger partial charge in [-0.3, -0.25) is 4.79 Å². The summed E-state index contributed by atoms with van der Waals surface area (Å²) >= 11 is 1.59. The number of benzene rings is 1. The summed E-state index contributed by atoms with van der Waals surface area (Å²) in [5, 5.41) is 2.99. The van der Waals surface area contributed by atoms with E-state index in [0.717, 1.165) is 29.5 Å². The Bertz CT molecular complexity index is 429. The van der Waals surface area contributed by atoms with Gasteiger partial charge in [0.25, 0.3) is 0 Å². The van der Waals surface area contributed by atoms with Crippen LogP contribution in [0, 0.1) is 11.7 Å². The van der Waals surface area contributed by atoms with Gasteiger partial charge in [-0.05, 0) is 43.0 Å². The maximum Gasteiger partial charge on any atom is 0.220 e. The molecule has 1 aromatic carbocycles. The van der Waals surface area contributed by atoms with Crippen molar-refractivity contribution in [2.24, 2.45) is 5.92 Å². The number of thioether (sulfide) groups is 1. The highest BCUT2D eigenvalue weighted by Crippen LogP contribution is 2.28. The maximum absolute atomic E-state index is 12.7. The van der Waals surface area contributed by atoms with Gasteiger partial charge < -0.3 is 5.32 Å². The quantitative estimate of drug-likeness (QED) is 0.570. The van der Waals surface area contributed by atoms with E-state index >= 15 is 0 Å². The van der Waals surface area contributed by atoms with E-state index in [-0.39, 0.29) is 11.7 Å². The molecule has 1 aliphatic carbocycles. The molecule has 0 heterocycles. The van der Waals surface area contributed by atoms with Gasteiger partial charge in [-0.2, -0.15) is 0 Å². The van der Waals surface area contributed by atoms with E-state index in [1.807, 2.05) is 0 Å². The van der Waals surface area contributed by atoms with Crippen molar-refractivity contribution in [1.29, 1.82) is 0 Å². The molecule has 4 heteroatoms. The van der Waals surface area contributed by atoms with Gasteiger partial charge in [0.2, 0.25) is 5.91 Å². The molecule has 0 aliphatic heterocycles. The summed E-state index contributed by atoms with van der Waals surface area (Å²) in [6.07, 6.45) is 8.40. The Morgan fingerprint density at radius 2 is 1.95 bits per heavy atom. The first-order chi connectivity index (χ1) is 10.2. The van der Waals surface area contributed by atoms with Crippen molar-refractivity contribution < 1.29 is 9.18 Å². The van der Waals surface area contributed by atoms with Crippen LogP contribution in [0.15, 0.2) is 29.2 Å². The predicted molar refractivity (Wildman–Crippen MR) is 85.9 cm³/mol. The Hall–Kier alpha value is -1.03. The molecular weight excluding hydrogens is 285 g/mol. The third kappa shape index (κ3) is 6.51. The largest absolute Gasteiger partial charge is 0.356 e. The Balaban J connectivity index is 1.50. The van der Waals surface area contributed by atoms with Gasteiger partial charge in [-0.1, -0.05) is 25.7 Å². The van der Waals surface area contributed by atoms with Gasteiger partial charge in [0.05, 0.1) is 0 Å². The normalized spacial score (nSPS) is 15.3. The number of hydrogen-bond donors (Lipinski definition) is 1. The van der Waals surface area contributed by atoms with Gasteiger partial charge >= 0.3 is 0 Å². The van der Waals surface area contributed by atoms with Crippen molar-refractivity contribution in [3.8, 4) is 0 Å². The van der Waals surface area contributed by atoms with E-state index < -0.39 is 0 Å². The van der Waals surface area contributed by atoms with E-state index in [2.05, 4.69) is 5.32 Å². The summed E-state index contributed by atoms with van der Waals surface area (Å²) in [4.78, 5) is 12.7. The summed E-state index contributed by atoms with van der Waals surface area (Å²) in [5.41, 5.74) is 0. The average molecular weight is 309 g/mol. The van der Waals surface area contributed by atoms with Gasteiger partial charge in [0.1, 0.15) is 5.82 Å². The molecule has 1 fully saturated rings. The molecule has 21 heavy (non-hydrogen) atoms. The van der Waals surface area contributed by atoms with E-state index in [0.29, 0.717) is 6.42 Å². The van der Waals surface area contributed by atoms with Crippen molar-refractivity contribution >= 4 is 17.7 Å². The van der Waals surface area contributed by atoms with E-state index in [4.69, 9.17) is 0 Å². The summed E-state index contributed by atoms with van der Waals surface area (Å²) in [6.45, 7) is 0.802. The molecule has 0 saturated heterocycles.